The molecular weight excluding hydrogens is 776 g/mol. The third-order valence-electron chi connectivity index (χ3n) is 7.21. The van der Waals surface area contributed by atoms with E-state index in [2.05, 4.69) is 38.9 Å². The Balaban J connectivity index is 1.29. The van der Waals surface area contributed by atoms with Crippen LogP contribution in [-0.4, -0.2) is 27.0 Å². The number of halogens is 3. The number of thioether (sulfide) groups is 1. The van der Waals surface area contributed by atoms with Crippen LogP contribution in [0.1, 0.15) is 33.9 Å². The first kappa shape index (κ1) is 32.5. The zero-order chi connectivity index (χ0) is 32.4. The molecule has 0 spiro atoms. The summed E-state index contributed by atoms with van der Waals surface area (Å²) in [6, 6.07) is 26.6. The lowest BCUT2D eigenvalue weighted by Crippen LogP contribution is -2.29. The molecule has 7 nitrogen and oxygen atoms in total. The molecule has 232 valence electrons. The third-order valence-corrected chi connectivity index (χ3v) is 10.6. The maximum absolute atomic E-state index is 13.6. The quantitative estimate of drug-likeness (QED) is 0.0397. The summed E-state index contributed by atoms with van der Waals surface area (Å²) >= 11 is 17.1. The molecule has 1 aliphatic heterocycles. The molecule has 1 atom stereocenters. The van der Waals surface area contributed by atoms with Gasteiger partial charge in [-0.2, -0.15) is 0 Å². The highest BCUT2D eigenvalue weighted by atomic mass is 127. The van der Waals surface area contributed by atoms with Gasteiger partial charge in [0.2, 0.25) is 5.13 Å². The predicted molar refractivity (Wildman–Crippen MR) is 192 cm³/mol. The molecule has 46 heavy (non-hydrogen) atoms. The van der Waals surface area contributed by atoms with Gasteiger partial charge in [-0.1, -0.05) is 94.3 Å². The number of rotatable bonds is 9. The van der Waals surface area contributed by atoms with Crippen molar-refractivity contribution in [2.24, 2.45) is 0 Å². The summed E-state index contributed by atoms with van der Waals surface area (Å²) in [5.74, 6) is -0.776. The van der Waals surface area contributed by atoms with Crippen molar-refractivity contribution in [1.82, 2.24) is 10.2 Å². The van der Waals surface area contributed by atoms with Gasteiger partial charge >= 0.3 is 5.91 Å². The number of aromatic nitrogens is 2. The van der Waals surface area contributed by atoms with Gasteiger partial charge in [-0.15, -0.1) is 10.2 Å². The fraction of sp³-hybridized carbons (Fsp3) is 0.118. The smallest absolute Gasteiger partial charge is 0.301 e. The number of hydrogen-bond acceptors (Lipinski definition) is 8. The zero-order valence-electron chi connectivity index (χ0n) is 24.1. The molecular formula is C34H24Cl2IN3O4S2. The van der Waals surface area contributed by atoms with Crippen molar-refractivity contribution in [3.8, 4) is 5.75 Å². The van der Waals surface area contributed by atoms with Crippen LogP contribution < -0.4 is 9.64 Å². The number of aliphatic hydroxyl groups is 1. The van der Waals surface area contributed by atoms with Crippen LogP contribution >= 0.6 is 68.9 Å². The van der Waals surface area contributed by atoms with Crippen LogP contribution in [0, 0.1) is 10.5 Å². The molecule has 0 saturated carbocycles. The zero-order valence-corrected chi connectivity index (χ0v) is 29.4. The van der Waals surface area contributed by atoms with Crippen LogP contribution in [0.4, 0.5) is 5.13 Å². The fourth-order valence-corrected chi connectivity index (χ4v) is 7.75. The van der Waals surface area contributed by atoms with Crippen LogP contribution in [-0.2, 0) is 21.9 Å². The summed E-state index contributed by atoms with van der Waals surface area (Å²) in [4.78, 5) is 28.5. The highest BCUT2D eigenvalue weighted by Gasteiger charge is 2.48. The summed E-state index contributed by atoms with van der Waals surface area (Å²) < 4.78 is 7.50. The molecule has 1 saturated heterocycles. The van der Waals surface area contributed by atoms with E-state index in [0.29, 0.717) is 43.6 Å². The molecule has 5 aromatic rings. The second kappa shape index (κ2) is 14.1. The lowest BCUT2D eigenvalue weighted by atomic mass is 9.95. The minimum absolute atomic E-state index is 0.0306. The minimum atomic E-state index is -0.911. The van der Waals surface area contributed by atoms with E-state index in [4.69, 9.17) is 27.9 Å². The van der Waals surface area contributed by atoms with Crippen molar-refractivity contribution in [3.63, 3.8) is 0 Å². The van der Waals surface area contributed by atoms with Gasteiger partial charge in [-0.3, -0.25) is 14.5 Å². The lowest BCUT2D eigenvalue weighted by molar-refractivity contribution is -0.132. The van der Waals surface area contributed by atoms with E-state index in [0.717, 1.165) is 20.3 Å². The van der Waals surface area contributed by atoms with Gasteiger partial charge in [0, 0.05) is 24.9 Å². The second-order valence-electron chi connectivity index (χ2n) is 10.4. The molecule has 12 heteroatoms. The standard InChI is InChI=1S/C34H24Cl2IN3O4S2/c1-19-3-2-4-20(15-19)17-44-26-13-8-22(9-14-26)30(41)28-29(21-6-11-25(37)12-7-21)40(32(43)31(28)42)33-38-39-34(46-33)45-18-23-5-10-24(35)16-27(23)36/h2-16,29,41H,17-18H2,1H3. The van der Waals surface area contributed by atoms with Crippen molar-refractivity contribution in [1.29, 1.82) is 0 Å². The molecule has 0 aliphatic carbocycles. The highest BCUT2D eigenvalue weighted by molar-refractivity contribution is 14.1. The van der Waals surface area contributed by atoms with Gasteiger partial charge in [-0.05, 0) is 94.7 Å². The third kappa shape index (κ3) is 7.11. The molecule has 6 rings (SSSR count). The number of ether oxygens (including phenoxy) is 1. The Morgan fingerprint density at radius 1 is 1.00 bits per heavy atom. The van der Waals surface area contributed by atoms with Crippen LogP contribution in [0.15, 0.2) is 101 Å². The van der Waals surface area contributed by atoms with Gasteiger partial charge in [0.25, 0.3) is 5.78 Å². The first-order chi connectivity index (χ1) is 22.2. The molecule has 1 aliphatic rings. The number of anilines is 1. The fourth-order valence-electron chi connectivity index (χ4n) is 4.96. The Bertz CT molecular complexity index is 1970. The van der Waals surface area contributed by atoms with E-state index in [9.17, 15) is 14.7 Å². The molecule has 0 bridgehead atoms. The molecule has 1 fully saturated rings. The molecule has 2 heterocycles. The van der Waals surface area contributed by atoms with E-state index in [1.165, 1.54) is 28.0 Å². The second-order valence-corrected chi connectivity index (χ2v) is 14.7. The van der Waals surface area contributed by atoms with Crippen molar-refractivity contribution < 1.29 is 19.4 Å². The van der Waals surface area contributed by atoms with Crippen molar-refractivity contribution in [2.45, 2.75) is 29.7 Å². The Morgan fingerprint density at radius 2 is 1.76 bits per heavy atom. The number of carbonyl (C=O) groups excluding carboxylic acids is 2. The Kier molecular flexibility index (Phi) is 10.00. The first-order valence-corrected chi connectivity index (χ1v) is 17.6. The van der Waals surface area contributed by atoms with E-state index in [1.54, 1.807) is 36.4 Å². The number of hydrogen-bond donors (Lipinski definition) is 1. The molecule has 4 aromatic carbocycles. The molecule has 1 amide bonds. The number of aryl methyl sites for hydroxylation is 1. The number of amides is 1. The van der Waals surface area contributed by atoms with Crippen molar-refractivity contribution in [3.05, 3.63) is 138 Å². The summed E-state index contributed by atoms with van der Waals surface area (Å²) in [7, 11) is 0. The van der Waals surface area contributed by atoms with Crippen LogP contribution in [0.3, 0.4) is 0 Å². The summed E-state index contributed by atoms with van der Waals surface area (Å²) in [5, 5.41) is 21.4. The Hall–Kier alpha value is -3.42. The van der Waals surface area contributed by atoms with E-state index < -0.39 is 17.7 Å². The van der Waals surface area contributed by atoms with Gasteiger partial charge < -0.3 is 9.84 Å². The topological polar surface area (TPSA) is 92.6 Å². The van der Waals surface area contributed by atoms with E-state index in [-0.39, 0.29) is 16.5 Å². The maximum atomic E-state index is 13.6. The van der Waals surface area contributed by atoms with Crippen LogP contribution in [0.25, 0.3) is 5.76 Å². The monoisotopic (exact) mass is 799 g/mol. The van der Waals surface area contributed by atoms with E-state index in [1.807, 2.05) is 55.5 Å². The lowest BCUT2D eigenvalue weighted by Gasteiger charge is -2.22. The predicted octanol–water partition coefficient (Wildman–Crippen LogP) is 9.26. The Labute approximate surface area is 297 Å². The number of Topliss-reactive ketones (excluding diaryl/α,β-unsaturated/α-hetero) is 1. The van der Waals surface area contributed by atoms with Crippen LogP contribution in [0.2, 0.25) is 10.0 Å². The maximum Gasteiger partial charge on any atom is 0.301 e. The largest absolute Gasteiger partial charge is 0.507 e. The average Bonchev–Trinajstić information content (AvgIpc) is 3.61. The van der Waals surface area contributed by atoms with Gasteiger partial charge in [0.05, 0.1) is 11.6 Å². The van der Waals surface area contributed by atoms with Gasteiger partial charge in [0.1, 0.15) is 18.1 Å². The molecule has 1 N–H and O–H groups in total. The van der Waals surface area contributed by atoms with Gasteiger partial charge in [0.15, 0.2) is 4.34 Å². The normalized spacial score (nSPS) is 15.8. The summed E-state index contributed by atoms with van der Waals surface area (Å²) in [6.45, 7) is 2.41. The minimum Gasteiger partial charge on any atom is -0.507 e. The number of benzene rings is 4. The number of carbonyl (C=O) groups is 2. The summed E-state index contributed by atoms with van der Waals surface area (Å²) in [5.41, 5.74) is 4.06. The molecule has 1 aromatic heterocycles. The SMILES string of the molecule is Cc1cccc(COc2ccc(C(O)=C3C(=O)C(=O)N(c4nnc(SCc5ccc(Cl)cc5Cl)s4)C3c3ccc(I)cc3)cc2)c1. The van der Waals surface area contributed by atoms with Crippen molar-refractivity contribution >= 4 is 91.5 Å². The number of ketones is 1. The van der Waals surface area contributed by atoms with E-state index >= 15 is 0 Å². The van der Waals surface area contributed by atoms with Gasteiger partial charge in [-0.25, -0.2) is 0 Å². The summed E-state index contributed by atoms with van der Waals surface area (Å²) in [6.07, 6.45) is 0. The highest BCUT2D eigenvalue weighted by Crippen LogP contribution is 2.44. The number of aliphatic hydroxyl groups excluding tert-OH is 1. The Morgan fingerprint density at radius 3 is 2.48 bits per heavy atom. The molecule has 1 unspecified atom stereocenters. The molecule has 0 radical (unpaired) electrons. The first-order valence-electron chi connectivity index (χ1n) is 13.9. The average molecular weight is 801 g/mol. The van der Waals surface area contributed by atoms with Crippen LogP contribution in [0.5, 0.6) is 5.75 Å². The number of nitrogens with zero attached hydrogens (tertiary/aromatic N) is 3. The van der Waals surface area contributed by atoms with Crippen molar-refractivity contribution in [2.75, 3.05) is 4.90 Å².